The van der Waals surface area contributed by atoms with Gasteiger partial charge >= 0.3 is 0 Å². The van der Waals surface area contributed by atoms with Gasteiger partial charge < -0.3 is 15.1 Å². The molecule has 0 aliphatic carbocycles. The molecule has 146 valence electrons. The average molecular weight is 373 g/mol. The lowest BCUT2D eigenvalue weighted by molar-refractivity contribution is -0.126. The van der Waals surface area contributed by atoms with Gasteiger partial charge in [-0.2, -0.15) is 0 Å². The third kappa shape index (κ3) is 4.00. The zero-order valence-electron chi connectivity index (χ0n) is 15.7. The minimum Gasteiger partial charge on any atom is -0.355 e. The van der Waals surface area contributed by atoms with E-state index in [1.54, 1.807) is 17.0 Å². The monoisotopic (exact) mass is 373 g/mol. The molecule has 5 nitrogen and oxygen atoms in total. The standard InChI is InChI=1S/C21H28FN3O2/c22-17-6-8-18(9-7-17)25-14-16(12-20(25)26)21(27)23-13-15-4-3-11-24-10-2-1-5-19(15)24/h6-9,15-16,19H,1-5,10-14H2,(H,23,27)/t15-,16?,19+/m0/s1. The number of carbonyl (C=O) groups is 2. The number of hydrogen-bond donors (Lipinski definition) is 1. The number of rotatable bonds is 4. The van der Waals surface area contributed by atoms with Crippen LogP contribution in [-0.4, -0.2) is 48.9 Å². The molecule has 1 unspecified atom stereocenters. The van der Waals surface area contributed by atoms with E-state index in [4.69, 9.17) is 0 Å². The van der Waals surface area contributed by atoms with Crippen LogP contribution in [0.15, 0.2) is 24.3 Å². The molecule has 27 heavy (non-hydrogen) atoms. The second kappa shape index (κ2) is 7.97. The Labute approximate surface area is 159 Å². The molecule has 2 amide bonds. The molecular formula is C21H28FN3O2. The Morgan fingerprint density at radius 3 is 2.70 bits per heavy atom. The van der Waals surface area contributed by atoms with Gasteiger partial charge in [0.25, 0.3) is 0 Å². The summed E-state index contributed by atoms with van der Waals surface area (Å²) in [5.74, 6) is -0.232. The summed E-state index contributed by atoms with van der Waals surface area (Å²) < 4.78 is 13.1. The topological polar surface area (TPSA) is 52.7 Å². The van der Waals surface area contributed by atoms with Crippen LogP contribution in [0.25, 0.3) is 0 Å². The fourth-order valence-corrected chi connectivity index (χ4v) is 4.95. The van der Waals surface area contributed by atoms with E-state index >= 15 is 0 Å². The highest BCUT2D eigenvalue weighted by Gasteiger charge is 2.37. The minimum atomic E-state index is -0.330. The molecule has 3 aliphatic heterocycles. The van der Waals surface area contributed by atoms with Crippen molar-refractivity contribution in [2.24, 2.45) is 11.8 Å². The van der Waals surface area contributed by atoms with Gasteiger partial charge in [-0.05, 0) is 69.0 Å². The molecule has 3 heterocycles. The Morgan fingerprint density at radius 1 is 1.11 bits per heavy atom. The van der Waals surface area contributed by atoms with E-state index in [2.05, 4.69) is 10.2 Å². The highest BCUT2D eigenvalue weighted by Crippen LogP contribution is 2.31. The van der Waals surface area contributed by atoms with Crippen molar-refractivity contribution in [2.75, 3.05) is 31.1 Å². The summed E-state index contributed by atoms with van der Waals surface area (Å²) in [6, 6.07) is 6.47. The number of carbonyl (C=O) groups excluding carboxylic acids is 2. The van der Waals surface area contributed by atoms with Gasteiger partial charge in [0, 0.05) is 31.2 Å². The Balaban J connectivity index is 1.32. The molecule has 1 N–H and O–H groups in total. The van der Waals surface area contributed by atoms with Crippen molar-refractivity contribution in [3.8, 4) is 0 Å². The second-order valence-corrected chi connectivity index (χ2v) is 8.13. The average Bonchev–Trinajstić information content (AvgIpc) is 3.08. The Hall–Kier alpha value is -1.95. The Morgan fingerprint density at radius 2 is 1.89 bits per heavy atom. The maximum Gasteiger partial charge on any atom is 0.227 e. The molecule has 3 aliphatic rings. The number of halogens is 1. The van der Waals surface area contributed by atoms with E-state index in [-0.39, 0.29) is 30.0 Å². The summed E-state index contributed by atoms with van der Waals surface area (Å²) in [5, 5.41) is 3.12. The molecule has 1 aromatic rings. The van der Waals surface area contributed by atoms with Crippen LogP contribution in [0.5, 0.6) is 0 Å². The lowest BCUT2D eigenvalue weighted by Gasteiger charge is -2.44. The minimum absolute atomic E-state index is 0.0269. The summed E-state index contributed by atoms with van der Waals surface area (Å²) in [6.45, 7) is 3.47. The highest BCUT2D eigenvalue weighted by molar-refractivity contribution is 6.00. The molecule has 0 bridgehead atoms. The van der Waals surface area contributed by atoms with Crippen molar-refractivity contribution in [1.82, 2.24) is 10.2 Å². The van der Waals surface area contributed by atoms with Gasteiger partial charge in [0.05, 0.1) is 5.92 Å². The largest absolute Gasteiger partial charge is 0.355 e. The van der Waals surface area contributed by atoms with Crippen molar-refractivity contribution < 1.29 is 14.0 Å². The van der Waals surface area contributed by atoms with Crippen molar-refractivity contribution in [3.63, 3.8) is 0 Å². The number of fused-ring (bicyclic) bond motifs is 1. The normalized spacial score (nSPS) is 28.9. The van der Waals surface area contributed by atoms with Gasteiger partial charge in [-0.3, -0.25) is 9.59 Å². The molecule has 0 spiro atoms. The van der Waals surface area contributed by atoms with E-state index in [9.17, 15) is 14.0 Å². The van der Waals surface area contributed by atoms with E-state index in [1.165, 1.54) is 57.3 Å². The number of hydrogen-bond acceptors (Lipinski definition) is 3. The van der Waals surface area contributed by atoms with Crippen LogP contribution in [0.3, 0.4) is 0 Å². The first-order valence-corrected chi connectivity index (χ1v) is 10.2. The number of nitrogens with one attached hydrogen (secondary N) is 1. The summed E-state index contributed by atoms with van der Waals surface area (Å²) in [7, 11) is 0. The molecule has 0 aromatic heterocycles. The molecule has 3 atom stereocenters. The predicted molar refractivity (Wildman–Crippen MR) is 102 cm³/mol. The number of benzene rings is 1. The maximum absolute atomic E-state index is 13.1. The fourth-order valence-electron chi connectivity index (χ4n) is 4.95. The van der Waals surface area contributed by atoms with Crippen molar-refractivity contribution in [3.05, 3.63) is 30.1 Å². The molecule has 3 saturated heterocycles. The molecule has 4 rings (SSSR count). The molecule has 6 heteroatoms. The van der Waals surface area contributed by atoms with E-state index in [0.29, 0.717) is 30.7 Å². The Bertz CT molecular complexity index is 691. The van der Waals surface area contributed by atoms with Crippen LogP contribution < -0.4 is 10.2 Å². The number of amides is 2. The first-order chi connectivity index (χ1) is 13.1. The fraction of sp³-hybridized carbons (Fsp3) is 0.619. The number of anilines is 1. The molecule has 0 radical (unpaired) electrons. The van der Waals surface area contributed by atoms with Crippen LogP contribution in [0.4, 0.5) is 10.1 Å². The summed E-state index contributed by atoms with van der Waals surface area (Å²) in [5.41, 5.74) is 0.654. The number of nitrogens with zero attached hydrogens (tertiary/aromatic N) is 2. The van der Waals surface area contributed by atoms with Gasteiger partial charge in [0.1, 0.15) is 5.82 Å². The van der Waals surface area contributed by atoms with E-state index in [0.717, 1.165) is 0 Å². The third-order valence-electron chi connectivity index (χ3n) is 6.40. The van der Waals surface area contributed by atoms with Crippen molar-refractivity contribution in [2.45, 2.75) is 44.6 Å². The van der Waals surface area contributed by atoms with Crippen molar-refractivity contribution in [1.29, 1.82) is 0 Å². The van der Waals surface area contributed by atoms with Crippen molar-refractivity contribution >= 4 is 17.5 Å². The van der Waals surface area contributed by atoms with E-state index < -0.39 is 0 Å². The van der Waals surface area contributed by atoms with Gasteiger partial charge in [-0.15, -0.1) is 0 Å². The quantitative estimate of drug-likeness (QED) is 0.883. The smallest absolute Gasteiger partial charge is 0.227 e. The first-order valence-electron chi connectivity index (χ1n) is 10.2. The first kappa shape index (κ1) is 18.4. The zero-order chi connectivity index (χ0) is 18.8. The van der Waals surface area contributed by atoms with Gasteiger partial charge in [0.2, 0.25) is 11.8 Å². The molecule has 0 saturated carbocycles. The van der Waals surface area contributed by atoms with Crippen LogP contribution >= 0.6 is 0 Å². The van der Waals surface area contributed by atoms with Gasteiger partial charge in [-0.1, -0.05) is 6.42 Å². The SMILES string of the molecule is O=C(NC[C@@H]1CCCN2CCCC[C@H]12)C1CC(=O)N(c2ccc(F)cc2)C1. The second-order valence-electron chi connectivity index (χ2n) is 8.13. The van der Waals surface area contributed by atoms with Gasteiger partial charge in [-0.25, -0.2) is 4.39 Å². The van der Waals surface area contributed by atoms with E-state index in [1.807, 2.05) is 0 Å². The van der Waals surface area contributed by atoms with Crippen LogP contribution in [0, 0.1) is 17.7 Å². The van der Waals surface area contributed by atoms with Crippen LogP contribution in [0.1, 0.15) is 38.5 Å². The zero-order valence-corrected chi connectivity index (χ0v) is 15.7. The predicted octanol–water partition coefficient (Wildman–Crippen LogP) is 2.56. The van der Waals surface area contributed by atoms with Crippen LogP contribution in [0.2, 0.25) is 0 Å². The maximum atomic E-state index is 13.1. The number of piperidine rings is 2. The Kier molecular flexibility index (Phi) is 5.43. The third-order valence-corrected chi connectivity index (χ3v) is 6.40. The molecular weight excluding hydrogens is 345 g/mol. The lowest BCUT2D eigenvalue weighted by Crippen LogP contribution is -2.51. The van der Waals surface area contributed by atoms with Crippen LogP contribution in [-0.2, 0) is 9.59 Å². The molecule has 3 fully saturated rings. The summed E-state index contributed by atoms with van der Waals surface area (Å²) in [6.07, 6.45) is 6.42. The lowest BCUT2D eigenvalue weighted by atomic mass is 9.83. The molecule has 1 aromatic carbocycles. The summed E-state index contributed by atoms with van der Waals surface area (Å²) in [4.78, 5) is 29.2. The summed E-state index contributed by atoms with van der Waals surface area (Å²) >= 11 is 0. The highest BCUT2D eigenvalue weighted by atomic mass is 19.1. The van der Waals surface area contributed by atoms with Gasteiger partial charge in [0.15, 0.2) is 0 Å².